The lowest BCUT2D eigenvalue weighted by Crippen LogP contribution is -2.60. The van der Waals surface area contributed by atoms with Gasteiger partial charge in [0.2, 0.25) is 0 Å². The zero-order chi connectivity index (χ0) is 12.1. The van der Waals surface area contributed by atoms with Crippen molar-refractivity contribution in [3.05, 3.63) is 0 Å². The zero-order valence-corrected chi connectivity index (χ0v) is 11.7. The highest BCUT2D eigenvalue weighted by Crippen LogP contribution is 2.49. The van der Waals surface area contributed by atoms with Crippen molar-refractivity contribution < 1.29 is 4.74 Å². The molecule has 0 N–H and O–H groups in total. The van der Waals surface area contributed by atoms with Crippen LogP contribution in [-0.2, 0) is 4.74 Å². The van der Waals surface area contributed by atoms with Crippen LogP contribution >= 0.6 is 0 Å². The first-order valence-corrected chi connectivity index (χ1v) is 7.30. The summed E-state index contributed by atoms with van der Waals surface area (Å²) in [4.78, 5) is 2.76. The minimum atomic E-state index is 0.509. The Balaban J connectivity index is 1.46. The van der Waals surface area contributed by atoms with Gasteiger partial charge in [0.25, 0.3) is 0 Å². The Kier molecular flexibility index (Phi) is 2.79. The van der Waals surface area contributed by atoms with Crippen molar-refractivity contribution in [3.8, 4) is 0 Å². The Morgan fingerprint density at radius 2 is 1.65 bits per heavy atom. The van der Waals surface area contributed by atoms with Gasteiger partial charge in [-0.25, -0.2) is 0 Å². The van der Waals surface area contributed by atoms with E-state index in [0.717, 1.165) is 25.2 Å². The number of hydrogen-bond acceptors (Lipinski definition) is 2. The Labute approximate surface area is 106 Å². The fraction of sp³-hybridized carbons (Fsp3) is 1.00. The Bertz CT molecular complexity index is 274. The van der Waals surface area contributed by atoms with Crippen molar-refractivity contribution >= 4 is 0 Å². The van der Waals surface area contributed by atoms with E-state index in [1.807, 2.05) is 0 Å². The zero-order valence-electron chi connectivity index (χ0n) is 11.7. The minimum absolute atomic E-state index is 0.509. The number of hydrogen-bond donors (Lipinski definition) is 0. The first kappa shape index (κ1) is 12.0. The van der Waals surface area contributed by atoms with Crippen LogP contribution in [0.15, 0.2) is 0 Å². The lowest BCUT2D eigenvalue weighted by Gasteiger charge is -2.57. The largest absolute Gasteiger partial charge is 0.380 e. The minimum Gasteiger partial charge on any atom is -0.380 e. The Morgan fingerprint density at radius 1 is 1.06 bits per heavy atom. The molecule has 17 heavy (non-hydrogen) atoms. The number of piperidine rings is 1. The fourth-order valence-electron chi connectivity index (χ4n) is 3.96. The third kappa shape index (κ3) is 2.15. The van der Waals surface area contributed by atoms with Gasteiger partial charge in [-0.15, -0.1) is 0 Å². The van der Waals surface area contributed by atoms with Gasteiger partial charge in [0.05, 0.1) is 13.2 Å². The summed E-state index contributed by atoms with van der Waals surface area (Å²) in [6, 6.07) is 0.889. The van der Waals surface area contributed by atoms with Crippen molar-refractivity contribution in [3.63, 3.8) is 0 Å². The predicted octanol–water partition coefficient (Wildman–Crippen LogP) is 2.92. The maximum atomic E-state index is 5.36. The van der Waals surface area contributed by atoms with Crippen LogP contribution in [0, 0.1) is 16.7 Å². The van der Waals surface area contributed by atoms with Crippen LogP contribution < -0.4 is 0 Å². The first-order chi connectivity index (χ1) is 7.99. The number of rotatable bonds is 1. The van der Waals surface area contributed by atoms with Crippen molar-refractivity contribution in [1.82, 2.24) is 4.90 Å². The summed E-state index contributed by atoms with van der Waals surface area (Å²) in [7, 11) is 0. The Hall–Kier alpha value is -0.0800. The maximum Gasteiger partial charge on any atom is 0.0545 e. The monoisotopic (exact) mass is 237 g/mol. The molecule has 0 aromatic heterocycles. The summed E-state index contributed by atoms with van der Waals surface area (Å²) in [5.74, 6) is 0.930. The molecule has 1 saturated carbocycles. The Morgan fingerprint density at radius 3 is 2.06 bits per heavy atom. The normalized spacial score (nSPS) is 31.2. The summed E-state index contributed by atoms with van der Waals surface area (Å²) in [5, 5.41) is 0. The molecule has 0 aromatic carbocycles. The molecule has 0 amide bonds. The second kappa shape index (κ2) is 3.96. The van der Waals surface area contributed by atoms with E-state index in [1.54, 1.807) is 0 Å². The molecule has 1 aliphatic carbocycles. The summed E-state index contributed by atoms with van der Waals surface area (Å²) in [5.41, 5.74) is 1.14. The van der Waals surface area contributed by atoms with Crippen LogP contribution in [0.3, 0.4) is 0 Å². The predicted molar refractivity (Wildman–Crippen MR) is 70.0 cm³/mol. The molecular formula is C15H27NO. The molecule has 3 aliphatic rings. The average Bonchev–Trinajstić information content (AvgIpc) is 2.12. The van der Waals surface area contributed by atoms with E-state index in [9.17, 15) is 0 Å². The highest BCUT2D eigenvalue weighted by molar-refractivity contribution is 5.03. The van der Waals surface area contributed by atoms with E-state index < -0.39 is 0 Å². The molecule has 3 fully saturated rings. The molecule has 0 radical (unpaired) electrons. The van der Waals surface area contributed by atoms with Gasteiger partial charge in [-0.3, -0.25) is 0 Å². The highest BCUT2D eigenvalue weighted by atomic mass is 16.5. The second-order valence-electron chi connectivity index (χ2n) is 7.73. The number of likely N-dealkylation sites (tertiary alicyclic amines) is 1. The van der Waals surface area contributed by atoms with E-state index in [2.05, 4.69) is 25.7 Å². The SMILES string of the molecule is CC(C)(C)C1CCN(C2CC3(COC3)C2)CC1. The van der Waals surface area contributed by atoms with Crippen LogP contribution in [0.4, 0.5) is 0 Å². The lowest BCUT2D eigenvalue weighted by molar-refractivity contribution is -0.187. The average molecular weight is 237 g/mol. The van der Waals surface area contributed by atoms with Gasteiger partial charge in [-0.05, 0) is 50.1 Å². The smallest absolute Gasteiger partial charge is 0.0545 e. The molecule has 0 unspecified atom stereocenters. The summed E-state index contributed by atoms with van der Waals surface area (Å²) in [6.07, 6.45) is 5.63. The number of nitrogens with zero attached hydrogens (tertiary/aromatic N) is 1. The molecule has 0 bridgehead atoms. The van der Waals surface area contributed by atoms with Crippen LogP contribution in [0.2, 0.25) is 0 Å². The van der Waals surface area contributed by atoms with Gasteiger partial charge in [-0.1, -0.05) is 20.8 Å². The molecule has 2 nitrogen and oxygen atoms in total. The molecule has 98 valence electrons. The van der Waals surface area contributed by atoms with Crippen molar-refractivity contribution in [1.29, 1.82) is 0 Å². The van der Waals surface area contributed by atoms with Crippen LogP contribution in [-0.4, -0.2) is 37.2 Å². The standard InChI is InChI=1S/C15H27NO/c1-14(2,3)12-4-6-16(7-5-12)13-8-15(9-13)10-17-11-15/h12-13H,4-11H2,1-3H3. The summed E-state index contributed by atoms with van der Waals surface area (Å²) < 4.78 is 5.36. The summed E-state index contributed by atoms with van der Waals surface area (Å²) >= 11 is 0. The quantitative estimate of drug-likeness (QED) is 0.695. The molecule has 2 aliphatic heterocycles. The van der Waals surface area contributed by atoms with Gasteiger partial charge in [-0.2, -0.15) is 0 Å². The van der Waals surface area contributed by atoms with Gasteiger partial charge in [0.1, 0.15) is 0 Å². The van der Waals surface area contributed by atoms with Crippen LogP contribution in [0.25, 0.3) is 0 Å². The lowest BCUT2D eigenvalue weighted by atomic mass is 9.63. The van der Waals surface area contributed by atoms with E-state index in [0.29, 0.717) is 10.8 Å². The van der Waals surface area contributed by atoms with E-state index >= 15 is 0 Å². The third-order valence-electron chi connectivity index (χ3n) is 5.42. The molecule has 2 heteroatoms. The fourth-order valence-corrected chi connectivity index (χ4v) is 3.96. The highest BCUT2D eigenvalue weighted by Gasteiger charge is 2.51. The molecule has 0 atom stereocenters. The topological polar surface area (TPSA) is 12.5 Å². The van der Waals surface area contributed by atoms with Crippen molar-refractivity contribution in [2.45, 2.75) is 52.5 Å². The molecule has 3 rings (SSSR count). The molecule has 2 heterocycles. The van der Waals surface area contributed by atoms with Crippen molar-refractivity contribution in [2.24, 2.45) is 16.7 Å². The number of ether oxygens (including phenoxy) is 1. The van der Waals surface area contributed by atoms with E-state index in [1.165, 1.54) is 38.8 Å². The van der Waals surface area contributed by atoms with Gasteiger partial charge in [0, 0.05) is 11.5 Å². The van der Waals surface area contributed by atoms with E-state index in [4.69, 9.17) is 4.74 Å². The molecule has 2 saturated heterocycles. The van der Waals surface area contributed by atoms with E-state index in [-0.39, 0.29) is 0 Å². The summed E-state index contributed by atoms with van der Waals surface area (Å²) in [6.45, 7) is 12.0. The van der Waals surface area contributed by atoms with Crippen LogP contribution in [0.5, 0.6) is 0 Å². The second-order valence-corrected chi connectivity index (χ2v) is 7.73. The molecule has 0 aromatic rings. The van der Waals surface area contributed by atoms with Gasteiger partial charge < -0.3 is 9.64 Å². The first-order valence-electron chi connectivity index (χ1n) is 7.30. The molecular weight excluding hydrogens is 210 g/mol. The van der Waals surface area contributed by atoms with Crippen LogP contribution in [0.1, 0.15) is 46.5 Å². The third-order valence-corrected chi connectivity index (χ3v) is 5.42. The van der Waals surface area contributed by atoms with Gasteiger partial charge in [0.15, 0.2) is 0 Å². The maximum absolute atomic E-state index is 5.36. The molecule has 1 spiro atoms. The van der Waals surface area contributed by atoms with Crippen molar-refractivity contribution in [2.75, 3.05) is 26.3 Å². The van der Waals surface area contributed by atoms with Gasteiger partial charge >= 0.3 is 0 Å².